The summed E-state index contributed by atoms with van der Waals surface area (Å²) in [5, 5.41) is 3.15. The van der Waals surface area contributed by atoms with E-state index < -0.39 is 0 Å². The van der Waals surface area contributed by atoms with Crippen LogP contribution in [0.25, 0.3) is 11.1 Å². The molecular weight excluding hydrogens is 282 g/mol. The first-order chi connectivity index (χ1) is 10.6. The molecular formula is C15H15N5O2. The quantitative estimate of drug-likeness (QED) is 0.681. The fraction of sp³-hybridized carbons (Fsp3) is 0.133. The highest BCUT2D eigenvalue weighted by molar-refractivity contribution is 6.14. The van der Waals surface area contributed by atoms with Crippen molar-refractivity contribution < 1.29 is 9.21 Å². The Labute approximate surface area is 126 Å². The number of anilines is 3. The molecule has 2 aromatic heterocycles. The molecule has 1 aromatic carbocycles. The van der Waals surface area contributed by atoms with Gasteiger partial charge in [0.05, 0.1) is 10.9 Å². The van der Waals surface area contributed by atoms with Crippen LogP contribution in [0.4, 0.5) is 17.5 Å². The molecule has 0 bridgehead atoms. The van der Waals surface area contributed by atoms with Crippen LogP contribution in [0.15, 0.2) is 34.9 Å². The van der Waals surface area contributed by atoms with Crippen LogP contribution in [0.5, 0.6) is 0 Å². The van der Waals surface area contributed by atoms with Crippen molar-refractivity contribution in [1.82, 2.24) is 9.97 Å². The second-order valence-corrected chi connectivity index (χ2v) is 4.80. The summed E-state index contributed by atoms with van der Waals surface area (Å²) in [5.74, 6) is -0.229. The van der Waals surface area contributed by atoms with E-state index in [1.807, 2.05) is 24.3 Å². The molecule has 1 amide bonds. The van der Waals surface area contributed by atoms with Crippen molar-refractivity contribution in [3.8, 4) is 0 Å². The zero-order chi connectivity index (χ0) is 15.7. The van der Waals surface area contributed by atoms with Crippen LogP contribution in [0.2, 0.25) is 0 Å². The summed E-state index contributed by atoms with van der Waals surface area (Å²) >= 11 is 0. The van der Waals surface area contributed by atoms with Crippen molar-refractivity contribution in [2.45, 2.75) is 13.3 Å². The maximum absolute atomic E-state index is 12.4. The van der Waals surface area contributed by atoms with Crippen LogP contribution in [0.1, 0.15) is 22.8 Å². The molecule has 112 valence electrons. The van der Waals surface area contributed by atoms with Gasteiger partial charge < -0.3 is 21.2 Å². The highest BCUT2D eigenvalue weighted by Gasteiger charge is 2.18. The van der Waals surface area contributed by atoms with Gasteiger partial charge in [0.2, 0.25) is 11.7 Å². The molecule has 0 saturated heterocycles. The Hall–Kier alpha value is -3.09. The molecule has 2 heterocycles. The summed E-state index contributed by atoms with van der Waals surface area (Å²) in [6.07, 6.45) is 2.24. The number of nitrogens with zero attached hydrogens (tertiary/aromatic N) is 2. The van der Waals surface area contributed by atoms with Gasteiger partial charge in [-0.1, -0.05) is 19.1 Å². The minimum absolute atomic E-state index is 0.00135. The molecule has 3 rings (SSSR count). The maximum atomic E-state index is 12.4. The predicted octanol–water partition coefficient (Wildman–Crippen LogP) is 2.20. The SMILES string of the molecule is CCc1ccc(NC(=O)c2coc3nc(N)nc(N)c23)cc1. The number of amides is 1. The van der Waals surface area contributed by atoms with E-state index in [9.17, 15) is 4.79 Å². The number of carbonyl (C=O) groups excluding carboxylic acids is 1. The summed E-state index contributed by atoms with van der Waals surface area (Å²) in [7, 11) is 0. The average molecular weight is 297 g/mol. The molecule has 3 aromatic rings. The van der Waals surface area contributed by atoms with Crippen molar-refractivity contribution >= 4 is 34.5 Å². The number of carbonyl (C=O) groups is 1. The van der Waals surface area contributed by atoms with Gasteiger partial charge in [0, 0.05) is 5.69 Å². The van der Waals surface area contributed by atoms with Crippen molar-refractivity contribution in [3.05, 3.63) is 41.7 Å². The van der Waals surface area contributed by atoms with E-state index in [4.69, 9.17) is 15.9 Å². The molecule has 5 N–H and O–H groups in total. The lowest BCUT2D eigenvalue weighted by atomic mass is 10.1. The molecule has 7 nitrogen and oxygen atoms in total. The number of rotatable bonds is 3. The van der Waals surface area contributed by atoms with Gasteiger partial charge in [-0.2, -0.15) is 9.97 Å². The van der Waals surface area contributed by atoms with Gasteiger partial charge in [0.25, 0.3) is 5.91 Å². The first kappa shape index (κ1) is 13.9. The lowest BCUT2D eigenvalue weighted by Gasteiger charge is -2.05. The summed E-state index contributed by atoms with van der Waals surface area (Å²) < 4.78 is 5.23. The summed E-state index contributed by atoms with van der Waals surface area (Å²) in [5.41, 5.74) is 13.6. The van der Waals surface area contributed by atoms with Crippen molar-refractivity contribution in [2.75, 3.05) is 16.8 Å². The van der Waals surface area contributed by atoms with E-state index >= 15 is 0 Å². The first-order valence-electron chi connectivity index (χ1n) is 6.79. The molecule has 0 fully saturated rings. The van der Waals surface area contributed by atoms with Crippen LogP contribution in [-0.2, 0) is 6.42 Å². The van der Waals surface area contributed by atoms with Gasteiger partial charge in [0.1, 0.15) is 12.1 Å². The Kier molecular flexibility index (Phi) is 3.38. The predicted molar refractivity (Wildman–Crippen MR) is 84.4 cm³/mol. The molecule has 0 saturated carbocycles. The van der Waals surface area contributed by atoms with E-state index in [1.54, 1.807) is 0 Å². The fourth-order valence-electron chi connectivity index (χ4n) is 2.18. The van der Waals surface area contributed by atoms with Crippen LogP contribution in [0.3, 0.4) is 0 Å². The normalized spacial score (nSPS) is 10.8. The molecule has 22 heavy (non-hydrogen) atoms. The van der Waals surface area contributed by atoms with E-state index in [0.717, 1.165) is 6.42 Å². The smallest absolute Gasteiger partial charge is 0.259 e. The van der Waals surface area contributed by atoms with E-state index in [0.29, 0.717) is 11.1 Å². The molecule has 0 spiro atoms. The second kappa shape index (κ2) is 5.36. The van der Waals surface area contributed by atoms with E-state index in [1.165, 1.54) is 11.8 Å². The first-order valence-corrected chi connectivity index (χ1v) is 6.79. The molecule has 0 atom stereocenters. The fourth-order valence-corrected chi connectivity index (χ4v) is 2.18. The molecule has 7 heteroatoms. The van der Waals surface area contributed by atoms with Gasteiger partial charge in [-0.25, -0.2) is 0 Å². The highest BCUT2D eigenvalue weighted by atomic mass is 16.3. The number of nitrogen functional groups attached to an aromatic ring is 2. The lowest BCUT2D eigenvalue weighted by molar-refractivity contribution is 0.102. The van der Waals surface area contributed by atoms with Crippen LogP contribution in [-0.4, -0.2) is 15.9 Å². The zero-order valence-corrected chi connectivity index (χ0v) is 12.0. The number of nitrogens with two attached hydrogens (primary N) is 2. The van der Waals surface area contributed by atoms with E-state index in [2.05, 4.69) is 22.2 Å². The number of fused-ring (bicyclic) bond motifs is 1. The van der Waals surface area contributed by atoms with Gasteiger partial charge in [0.15, 0.2) is 0 Å². The Bertz CT molecular complexity index is 839. The third-order valence-electron chi connectivity index (χ3n) is 3.34. The lowest BCUT2D eigenvalue weighted by Crippen LogP contribution is -2.12. The molecule has 0 aliphatic rings. The van der Waals surface area contributed by atoms with E-state index in [-0.39, 0.29) is 29.0 Å². The van der Waals surface area contributed by atoms with Gasteiger partial charge in [-0.15, -0.1) is 0 Å². The maximum Gasteiger partial charge on any atom is 0.259 e. The summed E-state index contributed by atoms with van der Waals surface area (Å²) in [4.78, 5) is 20.1. The van der Waals surface area contributed by atoms with Gasteiger partial charge in [-0.05, 0) is 24.1 Å². The third kappa shape index (κ3) is 2.44. The van der Waals surface area contributed by atoms with Crippen molar-refractivity contribution in [3.63, 3.8) is 0 Å². The number of hydrogen-bond acceptors (Lipinski definition) is 6. The third-order valence-corrected chi connectivity index (χ3v) is 3.34. The minimum Gasteiger partial charge on any atom is -0.445 e. The molecule has 0 aliphatic heterocycles. The monoisotopic (exact) mass is 297 g/mol. The second-order valence-electron chi connectivity index (χ2n) is 4.80. The largest absolute Gasteiger partial charge is 0.445 e. The highest BCUT2D eigenvalue weighted by Crippen LogP contribution is 2.25. The Morgan fingerprint density at radius 1 is 1.23 bits per heavy atom. The summed E-state index contributed by atoms with van der Waals surface area (Å²) in [6, 6.07) is 7.61. The molecule has 0 radical (unpaired) electrons. The number of nitrogens with one attached hydrogen (secondary N) is 1. The van der Waals surface area contributed by atoms with Gasteiger partial charge in [-0.3, -0.25) is 4.79 Å². The molecule has 0 unspecified atom stereocenters. The van der Waals surface area contributed by atoms with Crippen LogP contribution >= 0.6 is 0 Å². The summed E-state index contributed by atoms with van der Waals surface area (Å²) in [6.45, 7) is 2.07. The Morgan fingerprint density at radius 3 is 2.64 bits per heavy atom. The minimum atomic E-state index is -0.344. The van der Waals surface area contributed by atoms with Gasteiger partial charge >= 0.3 is 0 Å². The topological polar surface area (TPSA) is 120 Å². The van der Waals surface area contributed by atoms with Crippen molar-refractivity contribution in [1.29, 1.82) is 0 Å². The Morgan fingerprint density at radius 2 is 1.95 bits per heavy atom. The molecule has 0 aliphatic carbocycles. The zero-order valence-electron chi connectivity index (χ0n) is 12.0. The van der Waals surface area contributed by atoms with Crippen LogP contribution < -0.4 is 16.8 Å². The number of hydrogen-bond donors (Lipinski definition) is 3. The Balaban J connectivity index is 1.92. The average Bonchev–Trinajstić information content (AvgIpc) is 2.92. The number of furan rings is 1. The standard InChI is InChI=1S/C15H15N5O2/c1-2-8-3-5-9(6-4-8)18-13(21)10-7-22-14-11(10)12(16)19-15(17)20-14/h3-7H,2H2,1H3,(H,18,21)(H4,16,17,19,20). The number of benzene rings is 1. The van der Waals surface area contributed by atoms with Crippen LogP contribution in [0, 0.1) is 0 Å². The van der Waals surface area contributed by atoms with Crippen molar-refractivity contribution in [2.24, 2.45) is 0 Å². The number of aromatic nitrogens is 2. The number of aryl methyl sites for hydroxylation is 1.